The Labute approximate surface area is 175 Å². The molecule has 0 unspecified atom stereocenters. The molecule has 2 rings (SSSR count). The monoisotopic (exact) mass is 408 g/mol. The van der Waals surface area contributed by atoms with Crippen molar-refractivity contribution in [1.29, 1.82) is 5.26 Å². The van der Waals surface area contributed by atoms with Crippen molar-refractivity contribution in [3.63, 3.8) is 0 Å². The van der Waals surface area contributed by atoms with Gasteiger partial charge in [-0.3, -0.25) is 9.59 Å². The Kier molecular flexibility index (Phi) is 7.70. The van der Waals surface area contributed by atoms with E-state index < -0.39 is 24.0 Å². The summed E-state index contributed by atoms with van der Waals surface area (Å²) in [6.45, 7) is 4.33. The van der Waals surface area contributed by atoms with Crippen LogP contribution in [0.4, 0.5) is 0 Å². The van der Waals surface area contributed by atoms with Crippen molar-refractivity contribution in [3.05, 3.63) is 65.7 Å². The molecule has 1 atom stereocenters. The van der Waals surface area contributed by atoms with E-state index in [9.17, 15) is 19.6 Å². The molecule has 30 heavy (non-hydrogen) atoms. The standard InChI is InChI=1S/C23H24N2O5/c1-16(2)23(3,15-24)25-20(26)13-30-21(27)14-29-19-11-9-18(10-12-19)22(28)17-7-5-4-6-8-17/h4-12,16H,13-14H2,1-3H3,(H,25,26)/t23-/m0/s1. The van der Waals surface area contributed by atoms with Crippen LogP contribution in [0.5, 0.6) is 5.75 Å². The fourth-order valence-electron chi connectivity index (χ4n) is 2.42. The molecule has 0 spiro atoms. The predicted molar refractivity (Wildman–Crippen MR) is 110 cm³/mol. The Morgan fingerprint density at radius 2 is 1.60 bits per heavy atom. The Balaban J connectivity index is 1.80. The van der Waals surface area contributed by atoms with Gasteiger partial charge in [-0.05, 0) is 37.1 Å². The molecule has 0 aliphatic heterocycles. The molecule has 0 bridgehead atoms. The first-order valence-electron chi connectivity index (χ1n) is 9.45. The molecule has 0 saturated carbocycles. The number of carbonyl (C=O) groups excluding carboxylic acids is 3. The lowest BCUT2D eigenvalue weighted by Gasteiger charge is -2.27. The van der Waals surface area contributed by atoms with Gasteiger partial charge in [-0.25, -0.2) is 4.79 Å². The van der Waals surface area contributed by atoms with Crippen LogP contribution in [0, 0.1) is 17.2 Å². The minimum Gasteiger partial charge on any atom is -0.482 e. The summed E-state index contributed by atoms with van der Waals surface area (Å²) in [4.78, 5) is 36.1. The number of benzene rings is 2. The van der Waals surface area contributed by atoms with E-state index >= 15 is 0 Å². The van der Waals surface area contributed by atoms with E-state index in [1.165, 1.54) is 0 Å². The second-order valence-corrected chi connectivity index (χ2v) is 7.19. The van der Waals surface area contributed by atoms with Gasteiger partial charge in [0.15, 0.2) is 19.0 Å². The minimum absolute atomic E-state index is 0.109. The summed E-state index contributed by atoms with van der Waals surface area (Å²) in [7, 11) is 0. The van der Waals surface area contributed by atoms with E-state index in [2.05, 4.69) is 5.32 Å². The van der Waals surface area contributed by atoms with Crippen LogP contribution in [-0.4, -0.2) is 36.4 Å². The van der Waals surface area contributed by atoms with Crippen LogP contribution in [0.25, 0.3) is 0 Å². The second-order valence-electron chi connectivity index (χ2n) is 7.19. The Morgan fingerprint density at radius 3 is 2.17 bits per heavy atom. The van der Waals surface area contributed by atoms with Gasteiger partial charge in [-0.15, -0.1) is 0 Å². The Bertz CT molecular complexity index is 932. The molecule has 0 radical (unpaired) electrons. The number of rotatable bonds is 9. The summed E-state index contributed by atoms with van der Waals surface area (Å²) in [5, 5.41) is 11.7. The van der Waals surface area contributed by atoms with E-state index in [1.54, 1.807) is 55.5 Å². The number of ether oxygens (including phenoxy) is 2. The van der Waals surface area contributed by atoms with E-state index in [1.807, 2.05) is 26.0 Å². The zero-order valence-corrected chi connectivity index (χ0v) is 17.2. The van der Waals surface area contributed by atoms with Crippen LogP contribution in [0.2, 0.25) is 0 Å². The van der Waals surface area contributed by atoms with Gasteiger partial charge in [0.05, 0.1) is 6.07 Å². The first-order chi connectivity index (χ1) is 14.2. The molecule has 0 heterocycles. The smallest absolute Gasteiger partial charge is 0.344 e. The van der Waals surface area contributed by atoms with Gasteiger partial charge < -0.3 is 14.8 Å². The topological polar surface area (TPSA) is 105 Å². The van der Waals surface area contributed by atoms with Crippen LogP contribution in [0.1, 0.15) is 36.7 Å². The van der Waals surface area contributed by atoms with Crippen molar-refractivity contribution in [2.24, 2.45) is 5.92 Å². The van der Waals surface area contributed by atoms with Crippen LogP contribution < -0.4 is 10.1 Å². The number of nitriles is 1. The second kappa shape index (κ2) is 10.2. The van der Waals surface area contributed by atoms with Crippen LogP contribution in [-0.2, 0) is 14.3 Å². The van der Waals surface area contributed by atoms with E-state index in [-0.39, 0.29) is 18.3 Å². The fourth-order valence-corrected chi connectivity index (χ4v) is 2.42. The maximum absolute atomic E-state index is 12.4. The summed E-state index contributed by atoms with van der Waals surface area (Å²) in [6, 6.07) is 17.3. The van der Waals surface area contributed by atoms with Crippen molar-refractivity contribution >= 4 is 17.7 Å². The molecule has 1 N–H and O–H groups in total. The van der Waals surface area contributed by atoms with Crippen LogP contribution in [0.3, 0.4) is 0 Å². The van der Waals surface area contributed by atoms with Crippen LogP contribution >= 0.6 is 0 Å². The van der Waals surface area contributed by atoms with E-state index in [0.717, 1.165) is 0 Å². The molecule has 156 valence electrons. The number of ketones is 1. The third kappa shape index (κ3) is 6.17. The predicted octanol–water partition coefficient (Wildman–Crippen LogP) is 2.89. The lowest BCUT2D eigenvalue weighted by Crippen LogP contribution is -2.50. The number of amides is 1. The van der Waals surface area contributed by atoms with Crippen molar-refractivity contribution in [2.75, 3.05) is 13.2 Å². The lowest BCUT2D eigenvalue weighted by atomic mass is 9.90. The molecule has 2 aromatic carbocycles. The average Bonchev–Trinajstić information content (AvgIpc) is 2.76. The van der Waals surface area contributed by atoms with Gasteiger partial charge in [0, 0.05) is 11.1 Å². The third-order valence-corrected chi connectivity index (χ3v) is 4.66. The SMILES string of the molecule is CC(C)[C@](C)(C#N)NC(=O)COC(=O)COc1ccc(C(=O)c2ccccc2)cc1. The minimum atomic E-state index is -1.04. The maximum Gasteiger partial charge on any atom is 0.344 e. The molecule has 1 amide bonds. The molecule has 7 heteroatoms. The van der Waals surface area contributed by atoms with Crippen molar-refractivity contribution < 1.29 is 23.9 Å². The number of hydrogen-bond acceptors (Lipinski definition) is 6. The van der Waals surface area contributed by atoms with Crippen LogP contribution in [0.15, 0.2) is 54.6 Å². The van der Waals surface area contributed by atoms with Gasteiger partial charge in [-0.1, -0.05) is 44.2 Å². The van der Waals surface area contributed by atoms with Gasteiger partial charge in [-0.2, -0.15) is 5.26 Å². The molecule has 0 aliphatic rings. The Morgan fingerprint density at radius 1 is 1.00 bits per heavy atom. The fraction of sp³-hybridized carbons (Fsp3) is 0.304. The summed E-state index contributed by atoms with van der Waals surface area (Å²) >= 11 is 0. The molecule has 7 nitrogen and oxygen atoms in total. The third-order valence-electron chi connectivity index (χ3n) is 4.66. The van der Waals surface area contributed by atoms with E-state index in [0.29, 0.717) is 16.9 Å². The zero-order chi connectivity index (χ0) is 22.1. The van der Waals surface area contributed by atoms with Crippen molar-refractivity contribution in [2.45, 2.75) is 26.3 Å². The molecule has 2 aromatic rings. The van der Waals surface area contributed by atoms with Gasteiger partial charge >= 0.3 is 5.97 Å². The first-order valence-corrected chi connectivity index (χ1v) is 9.45. The highest BCUT2D eigenvalue weighted by molar-refractivity contribution is 6.08. The molecular weight excluding hydrogens is 384 g/mol. The molecule has 0 saturated heterocycles. The lowest BCUT2D eigenvalue weighted by molar-refractivity contribution is -0.150. The summed E-state index contributed by atoms with van der Waals surface area (Å²) in [5.41, 5.74) is 0.0373. The first kappa shape index (κ1) is 22.6. The number of hydrogen-bond donors (Lipinski definition) is 1. The number of nitrogens with one attached hydrogen (secondary N) is 1. The summed E-state index contributed by atoms with van der Waals surface area (Å²) in [6.07, 6.45) is 0. The maximum atomic E-state index is 12.4. The molecule has 0 fully saturated rings. The number of carbonyl (C=O) groups is 3. The summed E-state index contributed by atoms with van der Waals surface area (Å²) in [5.74, 6) is -1.12. The molecule has 0 aromatic heterocycles. The highest BCUT2D eigenvalue weighted by atomic mass is 16.6. The molecule has 0 aliphatic carbocycles. The van der Waals surface area contributed by atoms with Gasteiger partial charge in [0.2, 0.25) is 0 Å². The zero-order valence-electron chi connectivity index (χ0n) is 17.2. The molecular formula is C23H24N2O5. The normalized spacial score (nSPS) is 12.4. The van der Waals surface area contributed by atoms with Crippen molar-refractivity contribution in [1.82, 2.24) is 5.32 Å². The van der Waals surface area contributed by atoms with E-state index in [4.69, 9.17) is 9.47 Å². The number of esters is 1. The Hall–Kier alpha value is -3.66. The summed E-state index contributed by atoms with van der Waals surface area (Å²) < 4.78 is 10.2. The highest BCUT2D eigenvalue weighted by Crippen LogP contribution is 2.16. The number of nitrogens with zero attached hydrogens (tertiary/aromatic N) is 1. The van der Waals surface area contributed by atoms with Crippen molar-refractivity contribution in [3.8, 4) is 11.8 Å². The highest BCUT2D eigenvalue weighted by Gasteiger charge is 2.30. The largest absolute Gasteiger partial charge is 0.482 e. The average molecular weight is 408 g/mol. The van der Waals surface area contributed by atoms with Gasteiger partial charge in [0.1, 0.15) is 11.3 Å². The van der Waals surface area contributed by atoms with Gasteiger partial charge in [0.25, 0.3) is 5.91 Å². The quantitative estimate of drug-likeness (QED) is 0.505.